The van der Waals surface area contributed by atoms with Crippen molar-refractivity contribution < 1.29 is 14.3 Å². The van der Waals surface area contributed by atoms with Gasteiger partial charge in [-0.1, -0.05) is 17.4 Å². The van der Waals surface area contributed by atoms with Gasteiger partial charge < -0.3 is 9.47 Å². The van der Waals surface area contributed by atoms with Crippen molar-refractivity contribution in [1.29, 1.82) is 0 Å². The molecule has 0 spiro atoms. The second kappa shape index (κ2) is 6.49. The molecule has 0 unspecified atom stereocenters. The standard InChI is InChI=1S/C18H18N2O3S/c1-10-5-8-15-16(11(10)2)19-18(24-15)20-17(21)13-9-12(22-3)6-7-14(13)23-4/h5-9H,1-4H3,(H,19,20,21). The molecule has 0 saturated heterocycles. The van der Waals surface area contributed by atoms with E-state index in [9.17, 15) is 4.79 Å². The number of carbonyl (C=O) groups excluding carboxylic acids is 1. The zero-order chi connectivity index (χ0) is 17.3. The van der Waals surface area contributed by atoms with Crippen molar-refractivity contribution in [3.8, 4) is 11.5 Å². The SMILES string of the molecule is COc1ccc(OC)c(C(=O)Nc2nc3c(C)c(C)ccc3s2)c1. The van der Waals surface area contributed by atoms with Crippen molar-refractivity contribution in [1.82, 2.24) is 4.98 Å². The van der Waals surface area contributed by atoms with Gasteiger partial charge in [-0.25, -0.2) is 4.98 Å². The van der Waals surface area contributed by atoms with Gasteiger partial charge in [0.2, 0.25) is 0 Å². The van der Waals surface area contributed by atoms with Crippen LogP contribution in [0.3, 0.4) is 0 Å². The van der Waals surface area contributed by atoms with E-state index in [1.807, 2.05) is 19.9 Å². The van der Waals surface area contributed by atoms with Crippen LogP contribution in [0.4, 0.5) is 5.13 Å². The fraction of sp³-hybridized carbons (Fsp3) is 0.222. The lowest BCUT2D eigenvalue weighted by Gasteiger charge is -2.09. The Kier molecular flexibility index (Phi) is 4.40. The summed E-state index contributed by atoms with van der Waals surface area (Å²) in [5, 5.41) is 3.42. The Balaban J connectivity index is 1.94. The number of ether oxygens (including phenoxy) is 2. The number of hydrogen-bond donors (Lipinski definition) is 1. The summed E-state index contributed by atoms with van der Waals surface area (Å²) in [5.74, 6) is 0.803. The van der Waals surface area contributed by atoms with Gasteiger partial charge in [-0.3, -0.25) is 10.1 Å². The third-order valence-electron chi connectivity index (χ3n) is 3.96. The first kappa shape index (κ1) is 16.3. The number of hydrogen-bond acceptors (Lipinski definition) is 5. The smallest absolute Gasteiger partial charge is 0.261 e. The highest BCUT2D eigenvalue weighted by molar-refractivity contribution is 7.22. The van der Waals surface area contributed by atoms with E-state index in [-0.39, 0.29) is 5.91 Å². The molecule has 0 aliphatic heterocycles. The third kappa shape index (κ3) is 2.92. The molecule has 0 fully saturated rings. The third-order valence-corrected chi connectivity index (χ3v) is 4.89. The second-order valence-corrected chi connectivity index (χ2v) is 6.42. The van der Waals surface area contributed by atoms with Crippen LogP contribution in [-0.4, -0.2) is 25.1 Å². The normalized spacial score (nSPS) is 10.7. The van der Waals surface area contributed by atoms with Crippen molar-refractivity contribution in [3.05, 3.63) is 47.0 Å². The fourth-order valence-corrected chi connectivity index (χ4v) is 3.36. The Labute approximate surface area is 144 Å². The van der Waals surface area contributed by atoms with E-state index in [0.29, 0.717) is 22.2 Å². The van der Waals surface area contributed by atoms with Gasteiger partial charge in [0.1, 0.15) is 11.5 Å². The van der Waals surface area contributed by atoms with Crippen LogP contribution in [-0.2, 0) is 0 Å². The maximum Gasteiger partial charge on any atom is 0.261 e. The van der Waals surface area contributed by atoms with Gasteiger partial charge in [0.25, 0.3) is 5.91 Å². The van der Waals surface area contributed by atoms with E-state index >= 15 is 0 Å². The number of amides is 1. The lowest BCUT2D eigenvalue weighted by atomic mass is 10.1. The Morgan fingerprint density at radius 3 is 2.62 bits per heavy atom. The lowest BCUT2D eigenvalue weighted by Crippen LogP contribution is -2.13. The van der Waals surface area contributed by atoms with Crippen LogP contribution in [0.15, 0.2) is 30.3 Å². The minimum absolute atomic E-state index is 0.279. The molecule has 3 rings (SSSR count). The quantitative estimate of drug-likeness (QED) is 0.772. The minimum atomic E-state index is -0.279. The number of fused-ring (bicyclic) bond motifs is 1. The highest BCUT2D eigenvalue weighted by atomic mass is 32.1. The first-order chi connectivity index (χ1) is 11.5. The molecule has 0 atom stereocenters. The van der Waals surface area contributed by atoms with Crippen molar-refractivity contribution in [2.75, 3.05) is 19.5 Å². The van der Waals surface area contributed by atoms with Gasteiger partial charge in [0.15, 0.2) is 5.13 Å². The van der Waals surface area contributed by atoms with Gasteiger partial charge in [-0.15, -0.1) is 0 Å². The van der Waals surface area contributed by atoms with Crippen LogP contribution in [0.5, 0.6) is 11.5 Å². The molecule has 3 aromatic rings. The molecule has 24 heavy (non-hydrogen) atoms. The predicted molar refractivity (Wildman–Crippen MR) is 96.6 cm³/mol. The van der Waals surface area contributed by atoms with Crippen molar-refractivity contribution in [2.24, 2.45) is 0 Å². The molecule has 0 radical (unpaired) electrons. The zero-order valence-electron chi connectivity index (χ0n) is 14.0. The van der Waals surface area contributed by atoms with Crippen LogP contribution in [0, 0.1) is 13.8 Å². The van der Waals surface area contributed by atoms with Crippen LogP contribution >= 0.6 is 11.3 Å². The van der Waals surface area contributed by atoms with Crippen LogP contribution < -0.4 is 14.8 Å². The average Bonchev–Trinajstić information content (AvgIpc) is 3.01. The zero-order valence-corrected chi connectivity index (χ0v) is 14.8. The van der Waals surface area contributed by atoms with Gasteiger partial charge in [0, 0.05) is 0 Å². The minimum Gasteiger partial charge on any atom is -0.497 e. The molecule has 1 aromatic heterocycles. The lowest BCUT2D eigenvalue weighted by molar-refractivity contribution is 0.102. The number of nitrogens with one attached hydrogen (secondary N) is 1. The summed E-state index contributed by atoms with van der Waals surface area (Å²) >= 11 is 1.45. The van der Waals surface area contributed by atoms with E-state index in [1.165, 1.54) is 24.0 Å². The molecule has 5 nitrogen and oxygen atoms in total. The summed E-state index contributed by atoms with van der Waals surface area (Å²) in [6.45, 7) is 4.08. The Bertz CT molecular complexity index is 918. The molecule has 1 amide bonds. The van der Waals surface area contributed by atoms with Gasteiger partial charge in [-0.2, -0.15) is 0 Å². The number of aromatic nitrogens is 1. The molecule has 1 N–H and O–H groups in total. The molecule has 0 aliphatic carbocycles. The molecule has 0 aliphatic rings. The van der Waals surface area contributed by atoms with Gasteiger partial charge in [-0.05, 0) is 49.2 Å². The van der Waals surface area contributed by atoms with Crippen LogP contribution in [0.1, 0.15) is 21.5 Å². The monoisotopic (exact) mass is 342 g/mol. The van der Waals surface area contributed by atoms with E-state index in [4.69, 9.17) is 9.47 Å². The number of rotatable bonds is 4. The summed E-state index contributed by atoms with van der Waals surface area (Å²) in [7, 11) is 3.09. The molecule has 6 heteroatoms. The topological polar surface area (TPSA) is 60.5 Å². The van der Waals surface area contributed by atoms with Crippen molar-refractivity contribution >= 4 is 32.6 Å². The maximum atomic E-state index is 12.6. The van der Waals surface area contributed by atoms with E-state index in [0.717, 1.165) is 15.8 Å². The molecule has 0 saturated carbocycles. The number of methoxy groups -OCH3 is 2. The van der Waals surface area contributed by atoms with E-state index in [1.54, 1.807) is 25.3 Å². The van der Waals surface area contributed by atoms with Crippen LogP contribution in [0.25, 0.3) is 10.2 Å². The number of aryl methyl sites for hydroxylation is 2. The first-order valence-electron chi connectivity index (χ1n) is 7.43. The molecule has 1 heterocycles. The van der Waals surface area contributed by atoms with E-state index < -0.39 is 0 Å². The molecule has 2 aromatic carbocycles. The summed E-state index contributed by atoms with van der Waals surface area (Å²) in [6.07, 6.45) is 0. The van der Waals surface area contributed by atoms with Crippen molar-refractivity contribution in [3.63, 3.8) is 0 Å². The van der Waals surface area contributed by atoms with Gasteiger partial charge >= 0.3 is 0 Å². The molecular weight excluding hydrogens is 324 g/mol. The molecular formula is C18H18N2O3S. The number of benzene rings is 2. The maximum absolute atomic E-state index is 12.6. The van der Waals surface area contributed by atoms with Gasteiger partial charge in [0.05, 0.1) is 30.0 Å². The number of thiazole rings is 1. The summed E-state index contributed by atoms with van der Waals surface area (Å²) < 4.78 is 11.5. The highest BCUT2D eigenvalue weighted by Crippen LogP contribution is 2.31. The Hall–Kier alpha value is -2.60. The average molecular weight is 342 g/mol. The Morgan fingerprint density at radius 2 is 1.92 bits per heavy atom. The molecule has 0 bridgehead atoms. The van der Waals surface area contributed by atoms with Crippen molar-refractivity contribution in [2.45, 2.75) is 13.8 Å². The summed E-state index contributed by atoms with van der Waals surface area (Å²) in [6, 6.07) is 9.19. The summed E-state index contributed by atoms with van der Waals surface area (Å²) in [5.41, 5.74) is 3.64. The second-order valence-electron chi connectivity index (χ2n) is 5.39. The largest absolute Gasteiger partial charge is 0.497 e. The fourth-order valence-electron chi connectivity index (χ4n) is 2.44. The number of anilines is 1. The first-order valence-corrected chi connectivity index (χ1v) is 8.25. The van der Waals surface area contributed by atoms with Crippen LogP contribution in [0.2, 0.25) is 0 Å². The summed E-state index contributed by atoms with van der Waals surface area (Å²) in [4.78, 5) is 17.2. The highest BCUT2D eigenvalue weighted by Gasteiger charge is 2.16. The molecule has 124 valence electrons. The van der Waals surface area contributed by atoms with E-state index in [2.05, 4.69) is 16.4 Å². The number of nitrogens with zero attached hydrogens (tertiary/aromatic N) is 1. The predicted octanol–water partition coefficient (Wildman–Crippen LogP) is 4.18. The Morgan fingerprint density at radius 1 is 1.12 bits per heavy atom. The number of carbonyl (C=O) groups is 1.